The van der Waals surface area contributed by atoms with E-state index < -0.39 is 24.0 Å². The lowest BCUT2D eigenvalue weighted by Crippen LogP contribution is -2.47. The summed E-state index contributed by atoms with van der Waals surface area (Å²) in [6, 6.07) is 15.2. The first-order valence-electron chi connectivity index (χ1n) is 10.7. The quantitative estimate of drug-likeness (QED) is 0.623. The Bertz CT molecular complexity index is 1220. The van der Waals surface area contributed by atoms with Gasteiger partial charge in [0, 0.05) is 12.5 Å². The number of nitrogens with zero attached hydrogens (tertiary/aromatic N) is 3. The number of ether oxygens (including phenoxy) is 1. The van der Waals surface area contributed by atoms with Crippen molar-refractivity contribution in [3.63, 3.8) is 0 Å². The number of amides is 2. The minimum absolute atomic E-state index is 0.0470. The first-order valence-corrected chi connectivity index (χ1v) is 10.7. The average molecular weight is 446 g/mol. The van der Waals surface area contributed by atoms with E-state index in [0.717, 1.165) is 22.3 Å². The second kappa shape index (κ2) is 8.09. The lowest BCUT2D eigenvalue weighted by Gasteiger charge is -2.21. The zero-order chi connectivity index (χ0) is 23.1. The number of carboxylic acids is 1. The highest BCUT2D eigenvalue weighted by molar-refractivity contribution is 6.03. The highest BCUT2D eigenvalue weighted by Crippen LogP contribution is 2.44. The summed E-state index contributed by atoms with van der Waals surface area (Å²) in [5, 5.41) is 15.9. The fraction of sp³-hybridized carbons (Fsp3) is 0.250. The summed E-state index contributed by atoms with van der Waals surface area (Å²) in [4.78, 5) is 38.2. The summed E-state index contributed by atoms with van der Waals surface area (Å²) in [6.45, 7) is 2.37. The minimum atomic E-state index is -1.16. The van der Waals surface area contributed by atoms with E-state index in [4.69, 9.17) is 4.74 Å². The summed E-state index contributed by atoms with van der Waals surface area (Å²) >= 11 is 0. The van der Waals surface area contributed by atoms with Gasteiger partial charge in [-0.15, -0.1) is 0 Å². The maximum absolute atomic E-state index is 12.9. The third-order valence-electron chi connectivity index (χ3n) is 6.15. The van der Waals surface area contributed by atoms with Gasteiger partial charge in [0.1, 0.15) is 24.0 Å². The molecule has 0 saturated carbocycles. The average Bonchev–Trinajstić information content (AvgIpc) is 3.49. The zero-order valence-corrected chi connectivity index (χ0v) is 17.9. The van der Waals surface area contributed by atoms with Crippen molar-refractivity contribution < 1.29 is 24.2 Å². The molecule has 2 heterocycles. The van der Waals surface area contributed by atoms with Crippen molar-refractivity contribution in [2.24, 2.45) is 0 Å². The predicted octanol–water partition coefficient (Wildman–Crippen LogP) is 2.86. The summed E-state index contributed by atoms with van der Waals surface area (Å²) in [5.41, 5.74) is 4.41. The molecule has 1 aromatic heterocycles. The molecule has 9 nitrogen and oxygen atoms in total. The van der Waals surface area contributed by atoms with E-state index in [0.29, 0.717) is 13.1 Å². The standard InChI is InChI=1S/C24H22N4O5/c1-14(22(29)27-10-11-28-21(27)19(12-25-28)23(30)31)26-24(32)33-13-20-17-8-4-2-6-15(17)16-7-3-5-9-18(16)20/h2-9,12,14,20H,10-11,13H2,1H3,(H,26,32)(H,30,31). The van der Waals surface area contributed by atoms with Gasteiger partial charge in [-0.1, -0.05) is 48.5 Å². The van der Waals surface area contributed by atoms with Crippen LogP contribution >= 0.6 is 0 Å². The zero-order valence-electron chi connectivity index (χ0n) is 17.9. The summed E-state index contributed by atoms with van der Waals surface area (Å²) in [5.74, 6) is -1.44. The number of fused-ring (bicyclic) bond motifs is 4. The number of carbonyl (C=O) groups is 3. The second-order valence-corrected chi connectivity index (χ2v) is 8.09. The van der Waals surface area contributed by atoms with Gasteiger partial charge in [0.05, 0.1) is 12.7 Å². The summed E-state index contributed by atoms with van der Waals surface area (Å²) in [7, 11) is 0. The number of hydrogen-bond donors (Lipinski definition) is 2. The van der Waals surface area contributed by atoms with Crippen LogP contribution in [0.3, 0.4) is 0 Å². The number of carbonyl (C=O) groups excluding carboxylic acids is 2. The molecule has 0 saturated heterocycles. The summed E-state index contributed by atoms with van der Waals surface area (Å²) < 4.78 is 6.98. The Kier molecular flexibility index (Phi) is 5.08. The van der Waals surface area contributed by atoms with E-state index in [2.05, 4.69) is 22.5 Å². The first kappa shape index (κ1) is 20.7. The van der Waals surface area contributed by atoms with Crippen LogP contribution in [0, 0.1) is 0 Å². The molecule has 1 aliphatic carbocycles. The molecule has 1 aliphatic heterocycles. The van der Waals surface area contributed by atoms with Crippen molar-refractivity contribution in [1.82, 2.24) is 15.1 Å². The number of alkyl carbamates (subject to hydrolysis) is 1. The van der Waals surface area contributed by atoms with Crippen molar-refractivity contribution in [2.45, 2.75) is 25.4 Å². The molecular weight excluding hydrogens is 424 g/mol. The van der Waals surface area contributed by atoms with Crippen LogP contribution in [0.2, 0.25) is 0 Å². The molecule has 1 atom stereocenters. The first-order chi connectivity index (χ1) is 16.0. The normalized spacial score (nSPS) is 14.9. The van der Waals surface area contributed by atoms with Crippen LogP contribution in [0.4, 0.5) is 10.6 Å². The molecule has 0 fully saturated rings. The van der Waals surface area contributed by atoms with Crippen LogP contribution in [-0.4, -0.2) is 52.1 Å². The van der Waals surface area contributed by atoms with Gasteiger partial charge in [-0.3, -0.25) is 9.69 Å². The van der Waals surface area contributed by atoms with E-state index in [1.807, 2.05) is 36.4 Å². The number of aromatic carboxylic acids is 1. The summed E-state index contributed by atoms with van der Waals surface area (Å²) in [6.07, 6.45) is 0.518. The maximum Gasteiger partial charge on any atom is 0.407 e. The number of nitrogens with one attached hydrogen (secondary N) is 1. The van der Waals surface area contributed by atoms with E-state index in [1.165, 1.54) is 15.8 Å². The number of hydrogen-bond acceptors (Lipinski definition) is 5. The Morgan fingerprint density at radius 2 is 1.73 bits per heavy atom. The highest BCUT2D eigenvalue weighted by atomic mass is 16.5. The van der Waals surface area contributed by atoms with E-state index in [9.17, 15) is 19.5 Å². The van der Waals surface area contributed by atoms with Crippen LogP contribution in [0.5, 0.6) is 0 Å². The molecule has 2 N–H and O–H groups in total. The smallest absolute Gasteiger partial charge is 0.407 e. The Morgan fingerprint density at radius 1 is 1.09 bits per heavy atom. The van der Waals surface area contributed by atoms with Crippen LogP contribution in [0.1, 0.15) is 34.3 Å². The molecule has 2 amide bonds. The molecule has 2 aromatic carbocycles. The van der Waals surface area contributed by atoms with Gasteiger partial charge < -0.3 is 15.2 Å². The molecule has 168 valence electrons. The number of rotatable bonds is 5. The van der Waals surface area contributed by atoms with Crippen molar-refractivity contribution in [2.75, 3.05) is 18.1 Å². The van der Waals surface area contributed by atoms with Crippen molar-refractivity contribution in [3.05, 3.63) is 71.4 Å². The Morgan fingerprint density at radius 3 is 2.36 bits per heavy atom. The van der Waals surface area contributed by atoms with Gasteiger partial charge in [-0.25, -0.2) is 14.3 Å². The third kappa shape index (κ3) is 3.51. The van der Waals surface area contributed by atoms with Gasteiger partial charge in [0.2, 0.25) is 0 Å². The lowest BCUT2D eigenvalue weighted by molar-refractivity contribution is -0.120. The van der Waals surface area contributed by atoms with Crippen molar-refractivity contribution >= 4 is 23.8 Å². The molecule has 2 aliphatic rings. The Balaban J connectivity index is 1.24. The highest BCUT2D eigenvalue weighted by Gasteiger charge is 2.34. The van der Waals surface area contributed by atoms with Gasteiger partial charge in [-0.05, 0) is 29.2 Å². The van der Waals surface area contributed by atoms with Crippen LogP contribution in [0.15, 0.2) is 54.7 Å². The van der Waals surface area contributed by atoms with Crippen LogP contribution in [-0.2, 0) is 16.1 Å². The molecular formula is C24H22N4O5. The number of aromatic nitrogens is 2. The molecule has 3 aromatic rings. The van der Waals surface area contributed by atoms with E-state index in [-0.39, 0.29) is 23.9 Å². The molecule has 33 heavy (non-hydrogen) atoms. The molecule has 5 rings (SSSR count). The Labute approximate surface area is 189 Å². The fourth-order valence-electron chi connectivity index (χ4n) is 4.61. The van der Waals surface area contributed by atoms with E-state index >= 15 is 0 Å². The largest absolute Gasteiger partial charge is 0.477 e. The number of carboxylic acid groups (broad SMARTS) is 1. The minimum Gasteiger partial charge on any atom is -0.477 e. The topological polar surface area (TPSA) is 114 Å². The Hall–Kier alpha value is -4.14. The van der Waals surface area contributed by atoms with E-state index in [1.54, 1.807) is 6.92 Å². The molecule has 0 spiro atoms. The van der Waals surface area contributed by atoms with Gasteiger partial charge >= 0.3 is 12.1 Å². The van der Waals surface area contributed by atoms with Gasteiger partial charge in [0.15, 0.2) is 0 Å². The van der Waals surface area contributed by atoms with Crippen molar-refractivity contribution in [3.8, 4) is 11.1 Å². The van der Waals surface area contributed by atoms with Crippen LogP contribution in [0.25, 0.3) is 11.1 Å². The molecule has 0 bridgehead atoms. The second-order valence-electron chi connectivity index (χ2n) is 8.09. The van der Waals surface area contributed by atoms with Crippen LogP contribution < -0.4 is 10.2 Å². The predicted molar refractivity (Wildman–Crippen MR) is 119 cm³/mol. The van der Waals surface area contributed by atoms with Crippen molar-refractivity contribution in [1.29, 1.82) is 0 Å². The molecule has 9 heteroatoms. The van der Waals surface area contributed by atoms with Gasteiger partial charge in [-0.2, -0.15) is 5.10 Å². The van der Waals surface area contributed by atoms with Gasteiger partial charge in [0.25, 0.3) is 5.91 Å². The molecule has 0 radical (unpaired) electrons. The number of benzene rings is 2. The number of anilines is 1. The third-order valence-corrected chi connectivity index (χ3v) is 6.15. The monoisotopic (exact) mass is 446 g/mol. The fourth-order valence-corrected chi connectivity index (χ4v) is 4.61. The lowest BCUT2D eigenvalue weighted by atomic mass is 9.98. The SMILES string of the molecule is CC(NC(=O)OCC1c2ccccc2-c2ccccc21)C(=O)N1CCn2ncc(C(=O)O)c21. The molecule has 1 unspecified atom stereocenters. The maximum atomic E-state index is 12.9.